The summed E-state index contributed by atoms with van der Waals surface area (Å²) in [4.78, 5) is 37.4. The van der Waals surface area contributed by atoms with E-state index in [9.17, 15) is 9.59 Å². The Morgan fingerprint density at radius 1 is 1.36 bits per heavy atom. The van der Waals surface area contributed by atoms with Crippen LogP contribution in [0.15, 0.2) is 35.1 Å². The van der Waals surface area contributed by atoms with E-state index >= 15 is 0 Å². The maximum absolute atomic E-state index is 12.8. The number of likely N-dealkylation sites (N-methyl/N-ethyl adjacent to an activating group) is 1. The number of hydrogen-bond acceptors (Lipinski definition) is 5. The predicted molar refractivity (Wildman–Crippen MR) is 113 cm³/mol. The minimum Gasteiger partial charge on any atom is -0.313 e. The fourth-order valence-electron chi connectivity index (χ4n) is 3.27. The van der Waals surface area contributed by atoms with Gasteiger partial charge in [0.2, 0.25) is 5.91 Å². The Balaban J connectivity index is 1.53. The van der Waals surface area contributed by atoms with Gasteiger partial charge in [0.25, 0.3) is 5.56 Å². The highest BCUT2D eigenvalue weighted by Gasteiger charge is 2.32. The number of aromatic nitrogens is 2. The summed E-state index contributed by atoms with van der Waals surface area (Å²) < 4.78 is 0.647. The molecule has 1 saturated carbocycles. The summed E-state index contributed by atoms with van der Waals surface area (Å²) in [5.41, 5.74) is 1.29. The molecule has 1 N–H and O–H groups in total. The summed E-state index contributed by atoms with van der Waals surface area (Å²) in [6.07, 6.45) is 2.10. The zero-order valence-electron chi connectivity index (χ0n) is 15.7. The van der Waals surface area contributed by atoms with Gasteiger partial charge < -0.3 is 9.88 Å². The van der Waals surface area contributed by atoms with Crippen molar-refractivity contribution < 1.29 is 4.79 Å². The standard InChI is InChI=1S/C20H21ClN4O2S/c1-12-9-15-19(28-12)20(27)23-17(22-15)10-25(13-7-8-13)11-18(26)24(2)16-6-4-3-5-14(16)21/h3-6,9,13H,7-8,10-11H2,1-2H3,(H,22,23,27). The number of carbonyl (C=O) groups excluding carboxylic acids is 1. The molecule has 0 aliphatic heterocycles. The van der Waals surface area contributed by atoms with Crippen LogP contribution in [-0.4, -0.2) is 40.4 Å². The number of fused-ring (bicyclic) bond motifs is 1. The lowest BCUT2D eigenvalue weighted by molar-refractivity contribution is -0.119. The van der Waals surface area contributed by atoms with Crippen LogP contribution in [0.5, 0.6) is 0 Å². The molecule has 28 heavy (non-hydrogen) atoms. The molecule has 3 aromatic rings. The highest BCUT2D eigenvalue weighted by Crippen LogP contribution is 2.29. The zero-order valence-corrected chi connectivity index (χ0v) is 17.3. The number of aromatic amines is 1. The van der Waals surface area contributed by atoms with Crippen molar-refractivity contribution in [1.82, 2.24) is 14.9 Å². The Bertz CT molecular complexity index is 1090. The Hall–Kier alpha value is -2.22. The number of hydrogen-bond donors (Lipinski definition) is 1. The topological polar surface area (TPSA) is 69.3 Å². The number of carbonyl (C=O) groups is 1. The molecule has 0 atom stereocenters. The van der Waals surface area contributed by atoms with Gasteiger partial charge in [0.1, 0.15) is 10.5 Å². The van der Waals surface area contributed by atoms with Gasteiger partial charge in [-0.15, -0.1) is 11.3 Å². The average Bonchev–Trinajstić information content (AvgIpc) is 3.43. The Labute approximate surface area is 171 Å². The molecule has 2 heterocycles. The van der Waals surface area contributed by atoms with Crippen LogP contribution in [0.25, 0.3) is 10.2 Å². The summed E-state index contributed by atoms with van der Waals surface area (Å²) in [6.45, 7) is 2.65. The van der Waals surface area contributed by atoms with Gasteiger partial charge in [0.05, 0.1) is 29.3 Å². The van der Waals surface area contributed by atoms with Crippen molar-refractivity contribution >= 4 is 44.7 Å². The van der Waals surface area contributed by atoms with E-state index in [1.165, 1.54) is 11.3 Å². The molecule has 2 aromatic heterocycles. The van der Waals surface area contributed by atoms with Crippen LogP contribution < -0.4 is 10.5 Å². The average molecular weight is 417 g/mol. The second-order valence-electron chi connectivity index (χ2n) is 7.12. The normalized spacial score (nSPS) is 14.0. The lowest BCUT2D eigenvalue weighted by atomic mass is 10.3. The lowest BCUT2D eigenvalue weighted by Gasteiger charge is -2.25. The number of benzene rings is 1. The van der Waals surface area contributed by atoms with Crippen LogP contribution in [0.4, 0.5) is 5.69 Å². The van der Waals surface area contributed by atoms with Gasteiger partial charge in [-0.1, -0.05) is 23.7 Å². The van der Waals surface area contributed by atoms with Gasteiger partial charge in [-0.25, -0.2) is 4.98 Å². The largest absolute Gasteiger partial charge is 0.313 e. The van der Waals surface area contributed by atoms with Gasteiger partial charge >= 0.3 is 0 Å². The van der Waals surface area contributed by atoms with Crippen LogP contribution in [-0.2, 0) is 11.3 Å². The number of amides is 1. The van der Waals surface area contributed by atoms with Crippen molar-refractivity contribution in [3.63, 3.8) is 0 Å². The van der Waals surface area contributed by atoms with Crippen molar-refractivity contribution in [2.75, 3.05) is 18.5 Å². The predicted octanol–water partition coefficient (Wildman–Crippen LogP) is 3.57. The third kappa shape index (κ3) is 3.97. The Morgan fingerprint density at radius 2 is 2.11 bits per heavy atom. The molecule has 0 unspecified atom stereocenters. The summed E-state index contributed by atoms with van der Waals surface area (Å²) in [7, 11) is 1.73. The van der Waals surface area contributed by atoms with Gasteiger partial charge in [-0.3, -0.25) is 14.5 Å². The molecule has 146 valence electrons. The fourth-order valence-corrected chi connectivity index (χ4v) is 4.37. The third-order valence-electron chi connectivity index (χ3n) is 4.90. The lowest BCUT2D eigenvalue weighted by Crippen LogP contribution is -2.40. The first kappa shape index (κ1) is 19.1. The second kappa shape index (κ2) is 7.66. The van der Waals surface area contributed by atoms with E-state index in [0.29, 0.717) is 33.8 Å². The van der Waals surface area contributed by atoms with E-state index in [-0.39, 0.29) is 18.0 Å². The third-order valence-corrected chi connectivity index (χ3v) is 6.26. The van der Waals surface area contributed by atoms with E-state index in [4.69, 9.17) is 11.6 Å². The van der Waals surface area contributed by atoms with Crippen molar-refractivity contribution in [3.05, 3.63) is 56.4 Å². The first-order valence-electron chi connectivity index (χ1n) is 9.17. The van der Waals surface area contributed by atoms with Gasteiger partial charge in [0.15, 0.2) is 0 Å². The van der Waals surface area contributed by atoms with Crippen molar-refractivity contribution in [1.29, 1.82) is 0 Å². The van der Waals surface area contributed by atoms with Crippen molar-refractivity contribution in [2.24, 2.45) is 0 Å². The summed E-state index contributed by atoms with van der Waals surface area (Å²) in [5, 5.41) is 0.542. The summed E-state index contributed by atoms with van der Waals surface area (Å²) >= 11 is 7.67. The van der Waals surface area contributed by atoms with E-state index in [1.807, 2.05) is 31.2 Å². The number of nitrogens with one attached hydrogen (secondary N) is 1. The highest BCUT2D eigenvalue weighted by molar-refractivity contribution is 7.18. The Morgan fingerprint density at radius 3 is 2.82 bits per heavy atom. The minimum absolute atomic E-state index is 0.0465. The van der Waals surface area contributed by atoms with Crippen LogP contribution in [0.1, 0.15) is 23.5 Å². The second-order valence-corrected chi connectivity index (χ2v) is 8.79. The molecule has 1 aliphatic carbocycles. The molecule has 8 heteroatoms. The zero-order chi connectivity index (χ0) is 19.8. The molecular formula is C20H21ClN4O2S. The summed E-state index contributed by atoms with van der Waals surface area (Å²) in [5.74, 6) is 0.546. The molecule has 0 radical (unpaired) electrons. The van der Waals surface area contributed by atoms with E-state index in [1.54, 1.807) is 18.0 Å². The molecule has 4 rings (SSSR count). The van der Waals surface area contributed by atoms with Crippen LogP contribution in [0.2, 0.25) is 5.02 Å². The van der Waals surface area contributed by atoms with Crippen LogP contribution in [0.3, 0.4) is 0 Å². The molecular weight excluding hydrogens is 396 g/mol. The maximum atomic E-state index is 12.8. The SMILES string of the molecule is Cc1cc2nc(CN(CC(=O)N(C)c3ccccc3Cl)C3CC3)[nH]c(=O)c2s1. The molecule has 1 amide bonds. The van der Waals surface area contributed by atoms with Gasteiger partial charge in [-0.2, -0.15) is 0 Å². The molecule has 1 fully saturated rings. The van der Waals surface area contributed by atoms with E-state index < -0.39 is 0 Å². The van der Waals surface area contributed by atoms with Gasteiger partial charge in [0, 0.05) is 18.0 Å². The number of rotatable bonds is 6. The van der Waals surface area contributed by atoms with E-state index in [2.05, 4.69) is 14.9 Å². The quantitative estimate of drug-likeness (QED) is 0.666. The fraction of sp³-hybridized carbons (Fsp3) is 0.350. The summed E-state index contributed by atoms with van der Waals surface area (Å²) in [6, 6.07) is 9.56. The van der Waals surface area contributed by atoms with Crippen molar-refractivity contribution in [3.8, 4) is 0 Å². The van der Waals surface area contributed by atoms with E-state index in [0.717, 1.165) is 23.2 Å². The first-order chi connectivity index (χ1) is 13.4. The molecule has 1 aliphatic rings. The molecule has 6 nitrogen and oxygen atoms in total. The number of anilines is 1. The Kier molecular flexibility index (Phi) is 5.23. The highest BCUT2D eigenvalue weighted by atomic mass is 35.5. The monoisotopic (exact) mass is 416 g/mol. The van der Waals surface area contributed by atoms with Crippen LogP contribution >= 0.6 is 22.9 Å². The number of H-pyrrole nitrogens is 1. The maximum Gasteiger partial charge on any atom is 0.268 e. The minimum atomic E-state index is -0.117. The van der Waals surface area contributed by atoms with Crippen molar-refractivity contribution in [2.45, 2.75) is 32.4 Å². The number of halogens is 1. The number of aryl methyl sites for hydroxylation is 1. The number of thiophene rings is 1. The number of nitrogens with zero attached hydrogens (tertiary/aromatic N) is 3. The molecule has 0 saturated heterocycles. The first-order valence-corrected chi connectivity index (χ1v) is 10.4. The van der Waals surface area contributed by atoms with Gasteiger partial charge in [-0.05, 0) is 38.0 Å². The molecule has 0 bridgehead atoms. The molecule has 0 spiro atoms. The number of para-hydroxylation sites is 1. The van der Waals surface area contributed by atoms with Crippen LogP contribution in [0, 0.1) is 6.92 Å². The smallest absolute Gasteiger partial charge is 0.268 e. The molecule has 1 aromatic carbocycles.